The largest absolute Gasteiger partial charge is 0.483 e. The molecule has 0 radical (unpaired) electrons. The number of anilines is 1. The second-order valence-electron chi connectivity index (χ2n) is 3.79. The zero-order chi connectivity index (χ0) is 13.7. The molecule has 0 aliphatic rings. The van der Waals surface area contributed by atoms with Crippen molar-refractivity contribution >= 4 is 38.3 Å². The number of hydrogen-bond donors (Lipinski definition) is 1. The monoisotopic (exact) mass is 340 g/mol. The third-order valence-corrected chi connectivity index (χ3v) is 3.75. The average molecular weight is 341 g/mol. The summed E-state index contributed by atoms with van der Waals surface area (Å²) in [6, 6.07) is 5.84. The predicted octanol–water partition coefficient (Wildman–Crippen LogP) is 3.49. The van der Waals surface area contributed by atoms with E-state index in [0.29, 0.717) is 10.9 Å². The minimum Gasteiger partial charge on any atom is -0.483 e. The molecule has 2 aromatic rings. The van der Waals surface area contributed by atoms with Crippen molar-refractivity contribution in [2.75, 3.05) is 11.9 Å². The minimum absolute atomic E-state index is 0.0380. The molecule has 0 aliphatic carbocycles. The number of carbonyl (C=O) groups is 1. The van der Waals surface area contributed by atoms with Crippen molar-refractivity contribution in [2.45, 2.75) is 13.3 Å². The first-order chi connectivity index (χ1) is 9.19. The van der Waals surface area contributed by atoms with Crippen LogP contribution in [0.4, 0.5) is 5.13 Å². The third-order valence-electron chi connectivity index (χ3n) is 2.44. The molecule has 1 aromatic carbocycles. The van der Waals surface area contributed by atoms with Crippen LogP contribution >= 0.6 is 27.3 Å². The highest BCUT2D eigenvalue weighted by Crippen LogP contribution is 2.26. The molecular weight excluding hydrogens is 328 g/mol. The van der Waals surface area contributed by atoms with Crippen LogP contribution in [0.25, 0.3) is 0 Å². The topological polar surface area (TPSA) is 51.2 Å². The van der Waals surface area contributed by atoms with E-state index in [1.807, 2.05) is 18.2 Å². The molecule has 1 N–H and O–H groups in total. The Kier molecular flexibility index (Phi) is 4.93. The minimum atomic E-state index is -0.221. The molecule has 0 atom stereocenters. The molecule has 19 heavy (non-hydrogen) atoms. The number of benzene rings is 1. The van der Waals surface area contributed by atoms with Crippen LogP contribution in [-0.2, 0) is 11.2 Å². The number of hydrogen-bond acceptors (Lipinski definition) is 4. The van der Waals surface area contributed by atoms with Gasteiger partial charge in [0, 0.05) is 11.6 Å². The number of carbonyl (C=O) groups excluding carboxylic acids is 1. The number of nitrogens with zero attached hydrogens (tertiary/aromatic N) is 1. The molecule has 1 amide bonds. The van der Waals surface area contributed by atoms with Crippen molar-refractivity contribution in [1.29, 1.82) is 0 Å². The van der Waals surface area contributed by atoms with Crippen LogP contribution in [0.1, 0.15) is 12.5 Å². The van der Waals surface area contributed by atoms with Crippen LogP contribution in [0.3, 0.4) is 0 Å². The highest BCUT2D eigenvalue weighted by Gasteiger charge is 2.07. The van der Waals surface area contributed by atoms with E-state index >= 15 is 0 Å². The Labute approximate surface area is 124 Å². The van der Waals surface area contributed by atoms with Gasteiger partial charge in [-0.2, -0.15) is 0 Å². The molecular formula is C13H13BrN2O2S. The van der Waals surface area contributed by atoms with Crippen molar-refractivity contribution < 1.29 is 9.53 Å². The lowest BCUT2D eigenvalue weighted by molar-refractivity contribution is -0.118. The predicted molar refractivity (Wildman–Crippen MR) is 79.8 cm³/mol. The molecule has 1 aromatic heterocycles. The van der Waals surface area contributed by atoms with Crippen LogP contribution in [-0.4, -0.2) is 17.5 Å². The lowest BCUT2D eigenvalue weighted by Crippen LogP contribution is -2.20. The number of nitrogens with one attached hydrogen (secondary N) is 1. The Hall–Kier alpha value is -1.40. The normalized spacial score (nSPS) is 10.2. The summed E-state index contributed by atoms with van der Waals surface area (Å²) >= 11 is 4.80. The Balaban J connectivity index is 1.90. The van der Waals surface area contributed by atoms with Crippen molar-refractivity contribution in [3.8, 4) is 5.75 Å². The highest BCUT2D eigenvalue weighted by atomic mass is 79.9. The maximum Gasteiger partial charge on any atom is 0.264 e. The van der Waals surface area contributed by atoms with E-state index in [4.69, 9.17) is 4.74 Å². The Morgan fingerprint density at radius 3 is 3.00 bits per heavy atom. The fourth-order valence-corrected chi connectivity index (χ4v) is 2.55. The number of rotatable bonds is 5. The summed E-state index contributed by atoms with van der Waals surface area (Å²) in [6.07, 6.45) is 2.60. The molecule has 6 heteroatoms. The highest BCUT2D eigenvalue weighted by molar-refractivity contribution is 9.10. The lowest BCUT2D eigenvalue weighted by Gasteiger charge is -2.08. The summed E-state index contributed by atoms with van der Waals surface area (Å²) in [6.45, 7) is 2.05. The van der Waals surface area contributed by atoms with Crippen LogP contribution < -0.4 is 10.1 Å². The average Bonchev–Trinajstić information content (AvgIpc) is 2.90. The lowest BCUT2D eigenvalue weighted by atomic mass is 10.2. The number of ether oxygens (including phenoxy) is 1. The number of aryl methyl sites for hydroxylation is 1. The van der Waals surface area contributed by atoms with Gasteiger partial charge < -0.3 is 4.74 Å². The van der Waals surface area contributed by atoms with Gasteiger partial charge in [-0.15, -0.1) is 11.3 Å². The van der Waals surface area contributed by atoms with E-state index < -0.39 is 0 Å². The van der Waals surface area contributed by atoms with E-state index in [1.54, 1.807) is 11.6 Å². The molecule has 100 valence electrons. The second kappa shape index (κ2) is 6.68. The standard InChI is InChI=1S/C13H13BrN2O2S/c1-2-9-3-4-11(10(14)7-9)18-8-12(17)16-13-15-5-6-19-13/h3-7H,2,8H2,1H3,(H,15,16,17). The van der Waals surface area contributed by atoms with Crippen LogP contribution in [0.15, 0.2) is 34.2 Å². The summed E-state index contributed by atoms with van der Waals surface area (Å²) in [5.74, 6) is 0.438. The van der Waals surface area contributed by atoms with E-state index in [9.17, 15) is 4.79 Å². The van der Waals surface area contributed by atoms with E-state index in [2.05, 4.69) is 33.2 Å². The quantitative estimate of drug-likeness (QED) is 0.906. The van der Waals surface area contributed by atoms with Crippen LogP contribution in [0.5, 0.6) is 5.75 Å². The molecule has 0 saturated heterocycles. The number of halogens is 1. The molecule has 0 unspecified atom stereocenters. The molecule has 2 rings (SSSR count). The van der Waals surface area contributed by atoms with E-state index in [-0.39, 0.29) is 12.5 Å². The van der Waals surface area contributed by atoms with Gasteiger partial charge in [0.1, 0.15) is 5.75 Å². The molecule has 0 spiro atoms. The number of thiazole rings is 1. The van der Waals surface area contributed by atoms with E-state index in [0.717, 1.165) is 10.9 Å². The Morgan fingerprint density at radius 2 is 2.37 bits per heavy atom. The first kappa shape index (κ1) is 14.0. The van der Waals surface area contributed by atoms with Gasteiger partial charge in [0.25, 0.3) is 5.91 Å². The first-order valence-electron chi connectivity index (χ1n) is 5.79. The van der Waals surface area contributed by atoms with Gasteiger partial charge in [-0.25, -0.2) is 4.98 Å². The smallest absolute Gasteiger partial charge is 0.264 e. The maximum absolute atomic E-state index is 11.6. The number of aromatic nitrogens is 1. The first-order valence-corrected chi connectivity index (χ1v) is 7.47. The third kappa shape index (κ3) is 4.04. The van der Waals surface area contributed by atoms with Crippen LogP contribution in [0.2, 0.25) is 0 Å². The summed E-state index contributed by atoms with van der Waals surface area (Å²) in [4.78, 5) is 15.6. The van der Waals surface area contributed by atoms with Gasteiger partial charge in [-0.3, -0.25) is 10.1 Å². The molecule has 0 aliphatic heterocycles. The van der Waals surface area contributed by atoms with Gasteiger partial charge in [-0.1, -0.05) is 13.0 Å². The SMILES string of the molecule is CCc1ccc(OCC(=O)Nc2nccs2)c(Br)c1. The second-order valence-corrected chi connectivity index (χ2v) is 5.54. The molecule has 0 bridgehead atoms. The van der Waals surface area contributed by atoms with Crippen LogP contribution in [0, 0.1) is 0 Å². The van der Waals surface area contributed by atoms with Crippen molar-refractivity contribution in [2.24, 2.45) is 0 Å². The summed E-state index contributed by atoms with van der Waals surface area (Å²) in [5, 5.41) is 5.04. The Morgan fingerprint density at radius 1 is 1.53 bits per heavy atom. The summed E-state index contributed by atoms with van der Waals surface area (Å²) in [5.41, 5.74) is 1.21. The van der Waals surface area contributed by atoms with Gasteiger partial charge >= 0.3 is 0 Å². The van der Waals surface area contributed by atoms with Gasteiger partial charge in [0.05, 0.1) is 4.47 Å². The van der Waals surface area contributed by atoms with Gasteiger partial charge in [-0.05, 0) is 40.0 Å². The van der Waals surface area contributed by atoms with Crippen molar-refractivity contribution in [3.63, 3.8) is 0 Å². The Bertz CT molecular complexity index is 558. The number of amides is 1. The fraction of sp³-hybridized carbons (Fsp3) is 0.231. The fourth-order valence-electron chi connectivity index (χ4n) is 1.47. The van der Waals surface area contributed by atoms with Crippen molar-refractivity contribution in [3.05, 3.63) is 39.8 Å². The molecule has 1 heterocycles. The van der Waals surface area contributed by atoms with Gasteiger partial charge in [0.2, 0.25) is 0 Å². The zero-order valence-corrected chi connectivity index (χ0v) is 12.8. The van der Waals surface area contributed by atoms with E-state index in [1.165, 1.54) is 16.9 Å². The maximum atomic E-state index is 11.6. The molecule has 0 saturated carbocycles. The molecule has 4 nitrogen and oxygen atoms in total. The molecule has 0 fully saturated rings. The van der Waals surface area contributed by atoms with Crippen molar-refractivity contribution in [1.82, 2.24) is 4.98 Å². The summed E-state index contributed by atoms with van der Waals surface area (Å²) in [7, 11) is 0. The zero-order valence-electron chi connectivity index (χ0n) is 10.4. The van der Waals surface area contributed by atoms with Gasteiger partial charge in [0.15, 0.2) is 11.7 Å². The summed E-state index contributed by atoms with van der Waals surface area (Å²) < 4.78 is 6.32.